The lowest BCUT2D eigenvalue weighted by atomic mass is 10.0. The van der Waals surface area contributed by atoms with Crippen LogP contribution in [0.15, 0.2) is 51.7 Å². The zero-order valence-electron chi connectivity index (χ0n) is 18.5. The predicted octanol–water partition coefficient (Wildman–Crippen LogP) is 4.26. The molecule has 0 spiro atoms. The number of rotatable bonds is 8. The Labute approximate surface area is 198 Å². The van der Waals surface area contributed by atoms with Gasteiger partial charge in [0.1, 0.15) is 28.5 Å². The van der Waals surface area contributed by atoms with Gasteiger partial charge in [0, 0.05) is 41.5 Å². The number of pyridine rings is 1. The molecule has 0 radical (unpaired) electrons. The van der Waals surface area contributed by atoms with E-state index in [1.807, 2.05) is 19.0 Å². The maximum absolute atomic E-state index is 14.1. The van der Waals surface area contributed by atoms with Gasteiger partial charge in [-0.1, -0.05) is 12.1 Å². The lowest BCUT2D eigenvalue weighted by Crippen LogP contribution is -2.31. The second-order valence-corrected chi connectivity index (χ2v) is 8.55. The molecule has 6 nitrogen and oxygen atoms in total. The van der Waals surface area contributed by atoms with E-state index in [0.717, 1.165) is 12.1 Å². The third kappa shape index (κ3) is 6.06. The molecule has 0 bridgehead atoms. The number of carbonyl (C=O) groups excluding carboxylic acids is 1. The number of aryl methyl sites for hydroxylation is 1. The highest BCUT2D eigenvalue weighted by atomic mass is 79.9. The molecule has 0 atom stereocenters. The van der Waals surface area contributed by atoms with Crippen LogP contribution in [0.3, 0.4) is 0 Å². The summed E-state index contributed by atoms with van der Waals surface area (Å²) in [4.78, 5) is 29.6. The standard InChI is InChI=1S/C24H24BrF2N3O3/c1-14-20(15-5-4-6-16(11-15)23(31)28-9-10-30(2)3)22(21(25)24(32)29-14)33-13-17-7-8-18(26)12-19(17)27/h4-8,11-12H,9-10,13H2,1-3H3,(H,28,31)(H,29,32). The fourth-order valence-electron chi connectivity index (χ4n) is 3.25. The van der Waals surface area contributed by atoms with Crippen molar-refractivity contribution in [2.45, 2.75) is 13.5 Å². The smallest absolute Gasteiger partial charge is 0.266 e. The molecule has 33 heavy (non-hydrogen) atoms. The quantitative estimate of drug-likeness (QED) is 0.466. The number of aromatic nitrogens is 1. The van der Waals surface area contributed by atoms with Crippen LogP contribution in [0.1, 0.15) is 21.6 Å². The van der Waals surface area contributed by atoms with E-state index < -0.39 is 17.2 Å². The number of nitrogens with zero attached hydrogens (tertiary/aromatic N) is 1. The van der Waals surface area contributed by atoms with Gasteiger partial charge in [-0.05, 0) is 66.8 Å². The third-order valence-electron chi connectivity index (χ3n) is 4.95. The van der Waals surface area contributed by atoms with E-state index in [4.69, 9.17) is 4.74 Å². The van der Waals surface area contributed by atoms with Crippen LogP contribution in [0.5, 0.6) is 5.75 Å². The van der Waals surface area contributed by atoms with Crippen LogP contribution < -0.4 is 15.6 Å². The Morgan fingerprint density at radius 1 is 1.18 bits per heavy atom. The summed E-state index contributed by atoms with van der Waals surface area (Å²) in [5.74, 6) is -1.46. The molecule has 0 aliphatic rings. The number of amides is 1. The highest BCUT2D eigenvalue weighted by Gasteiger charge is 2.19. The molecule has 174 valence electrons. The first-order valence-corrected chi connectivity index (χ1v) is 11.0. The summed E-state index contributed by atoms with van der Waals surface area (Å²) in [5, 5.41) is 2.86. The molecule has 0 aliphatic carbocycles. The van der Waals surface area contributed by atoms with Crippen LogP contribution in [0, 0.1) is 18.6 Å². The van der Waals surface area contributed by atoms with Crippen molar-refractivity contribution in [3.8, 4) is 16.9 Å². The summed E-state index contributed by atoms with van der Waals surface area (Å²) >= 11 is 3.25. The molecule has 3 rings (SSSR count). The maximum atomic E-state index is 14.1. The molecule has 1 heterocycles. The van der Waals surface area contributed by atoms with Crippen molar-refractivity contribution >= 4 is 21.8 Å². The molecule has 1 aromatic heterocycles. The van der Waals surface area contributed by atoms with Crippen molar-refractivity contribution in [2.24, 2.45) is 0 Å². The van der Waals surface area contributed by atoms with Gasteiger partial charge in [-0.25, -0.2) is 8.78 Å². The van der Waals surface area contributed by atoms with Gasteiger partial charge in [0.05, 0.1) is 0 Å². The number of carbonyl (C=O) groups is 1. The number of hydrogen-bond acceptors (Lipinski definition) is 4. The van der Waals surface area contributed by atoms with Gasteiger partial charge in [-0.3, -0.25) is 9.59 Å². The summed E-state index contributed by atoms with van der Waals surface area (Å²) in [6, 6.07) is 10.1. The van der Waals surface area contributed by atoms with E-state index in [1.165, 1.54) is 6.07 Å². The largest absolute Gasteiger partial charge is 0.487 e. The number of ether oxygens (including phenoxy) is 1. The fraction of sp³-hybridized carbons (Fsp3) is 0.250. The first-order valence-electron chi connectivity index (χ1n) is 10.2. The zero-order chi connectivity index (χ0) is 24.1. The van der Waals surface area contributed by atoms with Gasteiger partial charge in [0.2, 0.25) is 0 Å². The van der Waals surface area contributed by atoms with E-state index in [9.17, 15) is 18.4 Å². The Hall–Kier alpha value is -3.04. The van der Waals surface area contributed by atoms with Gasteiger partial charge in [-0.15, -0.1) is 0 Å². The van der Waals surface area contributed by atoms with Crippen LogP contribution >= 0.6 is 15.9 Å². The summed E-state index contributed by atoms with van der Waals surface area (Å²) in [5.41, 5.74) is 1.88. The second-order valence-electron chi connectivity index (χ2n) is 7.76. The van der Waals surface area contributed by atoms with E-state index in [-0.39, 0.29) is 28.3 Å². The van der Waals surface area contributed by atoms with Gasteiger partial charge in [-0.2, -0.15) is 0 Å². The Bertz CT molecular complexity index is 1230. The number of H-pyrrole nitrogens is 1. The van der Waals surface area contributed by atoms with Crippen LogP contribution in [0.4, 0.5) is 8.78 Å². The van der Waals surface area contributed by atoms with Crippen LogP contribution in [-0.2, 0) is 6.61 Å². The summed E-state index contributed by atoms with van der Waals surface area (Å²) in [6.45, 7) is 2.69. The molecule has 0 saturated heterocycles. The molecule has 0 unspecified atom stereocenters. The minimum Gasteiger partial charge on any atom is -0.487 e. The van der Waals surface area contributed by atoms with Crippen molar-refractivity contribution in [3.63, 3.8) is 0 Å². The predicted molar refractivity (Wildman–Crippen MR) is 127 cm³/mol. The normalized spacial score (nSPS) is 11.0. The molecule has 9 heteroatoms. The number of benzene rings is 2. The molecule has 1 amide bonds. The molecule has 2 aromatic carbocycles. The summed E-state index contributed by atoms with van der Waals surface area (Å²) in [6.07, 6.45) is 0. The van der Waals surface area contributed by atoms with E-state index in [2.05, 4.69) is 26.2 Å². The van der Waals surface area contributed by atoms with Crippen LogP contribution in [0.25, 0.3) is 11.1 Å². The first kappa shape index (κ1) is 24.6. The number of halogens is 3. The molecule has 0 saturated carbocycles. The Kier molecular flexibility index (Phi) is 7.99. The summed E-state index contributed by atoms with van der Waals surface area (Å²) in [7, 11) is 3.84. The maximum Gasteiger partial charge on any atom is 0.266 e. The molecule has 2 N–H and O–H groups in total. The average molecular weight is 520 g/mol. The van der Waals surface area contributed by atoms with Crippen LogP contribution in [-0.4, -0.2) is 43.0 Å². The van der Waals surface area contributed by atoms with E-state index in [1.54, 1.807) is 31.2 Å². The fourth-order valence-corrected chi connectivity index (χ4v) is 3.67. The number of nitrogens with one attached hydrogen (secondary N) is 2. The minimum atomic E-state index is -0.745. The third-order valence-corrected chi connectivity index (χ3v) is 5.67. The number of likely N-dealkylation sites (N-methyl/N-ethyl adjacent to an activating group) is 1. The van der Waals surface area contributed by atoms with E-state index in [0.29, 0.717) is 35.5 Å². The molecule has 0 fully saturated rings. The van der Waals surface area contributed by atoms with Gasteiger partial charge in [0.25, 0.3) is 11.5 Å². The minimum absolute atomic E-state index is 0.131. The SMILES string of the molecule is Cc1[nH]c(=O)c(Br)c(OCc2ccc(F)cc2F)c1-c1cccc(C(=O)NCCN(C)C)c1. The van der Waals surface area contributed by atoms with Gasteiger partial charge in [0.15, 0.2) is 0 Å². The molecular weight excluding hydrogens is 496 g/mol. The van der Waals surface area contributed by atoms with Gasteiger partial charge >= 0.3 is 0 Å². The lowest BCUT2D eigenvalue weighted by Gasteiger charge is -2.17. The van der Waals surface area contributed by atoms with Crippen molar-refractivity contribution in [1.82, 2.24) is 15.2 Å². The van der Waals surface area contributed by atoms with Crippen molar-refractivity contribution in [3.05, 3.63) is 85.7 Å². The Balaban J connectivity index is 1.95. The van der Waals surface area contributed by atoms with Crippen molar-refractivity contribution in [1.29, 1.82) is 0 Å². The van der Waals surface area contributed by atoms with Crippen molar-refractivity contribution in [2.75, 3.05) is 27.2 Å². The Morgan fingerprint density at radius 2 is 1.94 bits per heavy atom. The highest BCUT2D eigenvalue weighted by Crippen LogP contribution is 2.37. The lowest BCUT2D eigenvalue weighted by molar-refractivity contribution is 0.0951. The zero-order valence-corrected chi connectivity index (χ0v) is 20.1. The molecule has 0 aliphatic heterocycles. The van der Waals surface area contributed by atoms with Crippen LogP contribution in [0.2, 0.25) is 0 Å². The summed E-state index contributed by atoms with van der Waals surface area (Å²) < 4.78 is 33.3. The highest BCUT2D eigenvalue weighted by molar-refractivity contribution is 9.10. The molecule has 3 aromatic rings. The number of aromatic amines is 1. The average Bonchev–Trinajstić information content (AvgIpc) is 2.76. The Morgan fingerprint density at radius 3 is 2.64 bits per heavy atom. The number of hydrogen-bond donors (Lipinski definition) is 2. The second kappa shape index (κ2) is 10.7. The topological polar surface area (TPSA) is 74.4 Å². The monoisotopic (exact) mass is 519 g/mol. The van der Waals surface area contributed by atoms with E-state index >= 15 is 0 Å². The molecular formula is C24H24BrF2N3O3. The van der Waals surface area contributed by atoms with Gasteiger partial charge < -0.3 is 19.9 Å². The van der Waals surface area contributed by atoms with Crippen molar-refractivity contribution < 1.29 is 18.3 Å². The first-order chi connectivity index (χ1) is 15.7.